The molecule has 0 amide bonds. The zero-order valence-corrected chi connectivity index (χ0v) is 31.9. The summed E-state index contributed by atoms with van der Waals surface area (Å²) in [7, 11) is -2.82. The van der Waals surface area contributed by atoms with E-state index in [0.717, 1.165) is 38.5 Å². The van der Waals surface area contributed by atoms with Gasteiger partial charge >= 0.3 is 20.2 Å². The van der Waals surface area contributed by atoms with E-state index in [2.05, 4.69) is 13.8 Å². The van der Waals surface area contributed by atoms with E-state index in [9.17, 15) is 14.2 Å². The first-order valence-corrected chi connectivity index (χ1v) is 21.3. The molecular formula is C39H76O7P+. The minimum atomic E-state index is -2.82. The van der Waals surface area contributed by atoms with Gasteiger partial charge < -0.3 is 9.47 Å². The molecule has 7 nitrogen and oxygen atoms in total. The number of esters is 2. The van der Waals surface area contributed by atoms with Crippen LogP contribution in [-0.4, -0.2) is 36.1 Å². The molecule has 0 bridgehead atoms. The lowest BCUT2D eigenvalue weighted by molar-refractivity contribution is -0.161. The molecule has 47 heavy (non-hydrogen) atoms. The molecule has 0 radical (unpaired) electrons. The van der Waals surface area contributed by atoms with Crippen molar-refractivity contribution in [3.8, 4) is 0 Å². The zero-order chi connectivity index (χ0) is 34.5. The maximum absolute atomic E-state index is 12.4. The van der Waals surface area contributed by atoms with E-state index >= 15 is 0 Å². The highest BCUT2D eigenvalue weighted by molar-refractivity contribution is 7.32. The Bertz CT molecular complexity index is 703. The third-order valence-electron chi connectivity index (χ3n) is 9.07. The minimum absolute atomic E-state index is 0.161. The summed E-state index contributed by atoms with van der Waals surface area (Å²) in [5, 5.41) is 0. The van der Waals surface area contributed by atoms with Gasteiger partial charge in [-0.25, -0.2) is 0 Å². The van der Waals surface area contributed by atoms with Gasteiger partial charge in [-0.15, -0.1) is 9.42 Å². The van der Waals surface area contributed by atoms with Crippen LogP contribution in [0.3, 0.4) is 0 Å². The van der Waals surface area contributed by atoms with Gasteiger partial charge in [0.25, 0.3) is 0 Å². The van der Waals surface area contributed by atoms with Crippen molar-refractivity contribution in [1.82, 2.24) is 0 Å². The molecule has 0 aliphatic heterocycles. The smallest absolute Gasteiger partial charge is 0.462 e. The highest BCUT2D eigenvalue weighted by atomic mass is 31.1. The van der Waals surface area contributed by atoms with Gasteiger partial charge in [-0.1, -0.05) is 194 Å². The molecule has 278 valence electrons. The predicted molar refractivity (Wildman–Crippen MR) is 196 cm³/mol. The molecule has 0 fully saturated rings. The number of hydrogen-bond acceptors (Lipinski definition) is 6. The first-order valence-electron chi connectivity index (χ1n) is 20.1. The van der Waals surface area contributed by atoms with E-state index in [1.54, 1.807) is 0 Å². The highest BCUT2D eigenvalue weighted by Gasteiger charge is 2.23. The van der Waals surface area contributed by atoms with Gasteiger partial charge in [-0.3, -0.25) is 9.59 Å². The van der Waals surface area contributed by atoms with Gasteiger partial charge in [0, 0.05) is 17.4 Å². The summed E-state index contributed by atoms with van der Waals surface area (Å²) < 4.78 is 26.5. The van der Waals surface area contributed by atoms with Crippen LogP contribution in [0, 0.1) is 0 Å². The Morgan fingerprint density at radius 3 is 1.09 bits per heavy atom. The third-order valence-corrected chi connectivity index (χ3v) is 9.44. The Balaban J connectivity index is 3.78. The maximum atomic E-state index is 12.4. The van der Waals surface area contributed by atoms with Gasteiger partial charge in [0.05, 0.1) is 0 Å². The molecule has 0 spiro atoms. The van der Waals surface area contributed by atoms with Crippen LogP contribution < -0.4 is 0 Å². The maximum Gasteiger partial charge on any atom is 0.694 e. The van der Waals surface area contributed by atoms with Crippen LogP contribution >= 0.6 is 8.25 Å². The average Bonchev–Trinajstić information content (AvgIpc) is 3.05. The Hall–Kier alpha value is -1.04. The van der Waals surface area contributed by atoms with Crippen molar-refractivity contribution in [2.75, 3.05) is 13.2 Å². The summed E-state index contributed by atoms with van der Waals surface area (Å²) in [6.07, 6.45) is 37.6. The Labute approximate surface area is 291 Å². The normalized spacial score (nSPS) is 12.3. The summed E-state index contributed by atoms with van der Waals surface area (Å²) in [6.45, 7) is 4.09. The van der Waals surface area contributed by atoms with E-state index in [1.165, 1.54) is 154 Å². The van der Waals surface area contributed by atoms with Crippen LogP contribution in [-0.2, 0) is 28.2 Å². The lowest BCUT2D eigenvalue weighted by Gasteiger charge is -2.15. The van der Waals surface area contributed by atoms with Crippen molar-refractivity contribution in [2.45, 2.75) is 225 Å². The average molecular weight is 688 g/mol. The second-order valence-electron chi connectivity index (χ2n) is 13.7. The molecule has 2 unspecified atom stereocenters. The minimum Gasteiger partial charge on any atom is -0.462 e. The fourth-order valence-corrected chi connectivity index (χ4v) is 6.34. The van der Waals surface area contributed by atoms with E-state index in [-0.39, 0.29) is 31.6 Å². The summed E-state index contributed by atoms with van der Waals surface area (Å²) in [5.74, 6) is -0.726. The summed E-state index contributed by atoms with van der Waals surface area (Å²) in [5.41, 5.74) is 0. The standard InChI is InChI=1S/C39H75O7P/c1-3-5-7-9-11-13-15-17-19-21-23-25-27-29-31-33-38(40)44-35-37(36-45-47(42)43)46-39(41)34-32-30-28-26-24-22-20-18-16-14-12-10-8-6-4-2/h37H,3-36H2,1-2H3/p+1. The predicted octanol–water partition coefficient (Wildman–Crippen LogP) is 12.6. The van der Waals surface area contributed by atoms with Gasteiger partial charge in [0.15, 0.2) is 6.10 Å². The van der Waals surface area contributed by atoms with Crippen LogP contribution in [0.4, 0.5) is 0 Å². The summed E-state index contributed by atoms with van der Waals surface area (Å²) in [4.78, 5) is 33.6. The van der Waals surface area contributed by atoms with Gasteiger partial charge in [-0.2, -0.15) is 0 Å². The third kappa shape index (κ3) is 37.6. The molecule has 0 aromatic carbocycles. The second-order valence-corrected chi connectivity index (χ2v) is 14.5. The lowest BCUT2D eigenvalue weighted by Crippen LogP contribution is -2.29. The molecule has 0 saturated carbocycles. The van der Waals surface area contributed by atoms with Crippen molar-refractivity contribution in [1.29, 1.82) is 0 Å². The van der Waals surface area contributed by atoms with Crippen LogP contribution in [0.15, 0.2) is 0 Å². The summed E-state index contributed by atoms with van der Waals surface area (Å²) >= 11 is 0. The number of unbranched alkanes of at least 4 members (excludes halogenated alkanes) is 28. The molecule has 0 aromatic rings. The van der Waals surface area contributed by atoms with E-state index in [4.69, 9.17) is 18.9 Å². The van der Waals surface area contributed by atoms with Crippen LogP contribution in [0.25, 0.3) is 0 Å². The van der Waals surface area contributed by atoms with Crippen molar-refractivity contribution in [2.24, 2.45) is 0 Å². The molecule has 8 heteroatoms. The molecule has 2 atom stereocenters. The van der Waals surface area contributed by atoms with E-state index in [1.807, 2.05) is 0 Å². The first-order chi connectivity index (χ1) is 23.0. The van der Waals surface area contributed by atoms with Crippen LogP contribution in [0.5, 0.6) is 0 Å². The van der Waals surface area contributed by atoms with Crippen LogP contribution in [0.2, 0.25) is 0 Å². The topological polar surface area (TPSA) is 99.1 Å². The van der Waals surface area contributed by atoms with Crippen molar-refractivity contribution in [3.05, 3.63) is 0 Å². The lowest BCUT2D eigenvalue weighted by atomic mass is 10.0. The van der Waals surface area contributed by atoms with Gasteiger partial charge in [0.1, 0.15) is 13.2 Å². The first kappa shape index (κ1) is 46.0. The monoisotopic (exact) mass is 688 g/mol. The number of carbonyl (C=O) groups is 2. The Kier molecular flexibility index (Phi) is 36.9. The van der Waals surface area contributed by atoms with Crippen LogP contribution in [0.1, 0.15) is 219 Å². The zero-order valence-electron chi connectivity index (χ0n) is 31.0. The molecule has 1 N–H and O–H groups in total. The van der Waals surface area contributed by atoms with Gasteiger partial charge in [0.2, 0.25) is 0 Å². The number of rotatable bonds is 38. The molecule has 0 saturated heterocycles. The highest BCUT2D eigenvalue weighted by Crippen LogP contribution is 2.18. The molecule has 0 aliphatic rings. The number of ether oxygens (including phenoxy) is 2. The van der Waals surface area contributed by atoms with Gasteiger partial charge in [-0.05, 0) is 12.8 Å². The van der Waals surface area contributed by atoms with Crippen molar-refractivity contribution >= 4 is 20.2 Å². The molecular weight excluding hydrogens is 611 g/mol. The second kappa shape index (κ2) is 37.8. The molecule has 0 aliphatic carbocycles. The fourth-order valence-electron chi connectivity index (χ4n) is 6.05. The number of hydrogen-bond donors (Lipinski definition) is 1. The molecule has 0 aromatic heterocycles. The fraction of sp³-hybridized carbons (Fsp3) is 0.949. The van der Waals surface area contributed by atoms with Crippen molar-refractivity contribution < 1.29 is 33.0 Å². The quantitative estimate of drug-likeness (QED) is 0.0392. The van der Waals surface area contributed by atoms with E-state index < -0.39 is 14.4 Å². The Morgan fingerprint density at radius 1 is 0.468 bits per heavy atom. The molecule has 0 rings (SSSR count). The summed E-state index contributed by atoms with van der Waals surface area (Å²) in [6, 6.07) is 0. The van der Waals surface area contributed by atoms with E-state index in [0.29, 0.717) is 6.42 Å². The van der Waals surface area contributed by atoms with Crippen molar-refractivity contribution in [3.63, 3.8) is 0 Å². The molecule has 0 heterocycles. The Morgan fingerprint density at radius 2 is 0.766 bits per heavy atom. The number of carbonyl (C=O) groups excluding carboxylic acids is 2. The largest absolute Gasteiger partial charge is 0.694 e. The SMILES string of the molecule is CCCCCCCCCCCCCCCCCC(=O)OCC(CO[P+](=O)O)OC(=O)CCCCCCCCCCCCCCCCC.